The van der Waals surface area contributed by atoms with Crippen LogP contribution in [0.3, 0.4) is 0 Å². The SMILES string of the molecule is CC=Nc1cc(F)cc(F)c1C(C)=NC. The monoisotopic (exact) mass is 210 g/mol. The van der Waals surface area contributed by atoms with Crippen molar-refractivity contribution in [1.82, 2.24) is 0 Å². The van der Waals surface area contributed by atoms with Crippen molar-refractivity contribution in [2.45, 2.75) is 13.8 Å². The van der Waals surface area contributed by atoms with Crippen LogP contribution in [0.4, 0.5) is 14.5 Å². The Hall–Kier alpha value is -1.58. The van der Waals surface area contributed by atoms with Crippen LogP contribution in [0, 0.1) is 11.6 Å². The summed E-state index contributed by atoms with van der Waals surface area (Å²) < 4.78 is 26.4. The molecule has 1 aromatic rings. The van der Waals surface area contributed by atoms with E-state index in [1.54, 1.807) is 20.9 Å². The molecule has 0 aliphatic carbocycles. The van der Waals surface area contributed by atoms with Crippen molar-refractivity contribution >= 4 is 17.6 Å². The second-order valence-corrected chi connectivity index (χ2v) is 2.98. The molecule has 0 aliphatic heterocycles. The molecule has 80 valence electrons. The molecule has 0 saturated heterocycles. The summed E-state index contributed by atoms with van der Waals surface area (Å²) in [7, 11) is 1.55. The summed E-state index contributed by atoms with van der Waals surface area (Å²) in [5, 5.41) is 0. The number of hydrogen-bond donors (Lipinski definition) is 0. The predicted octanol–water partition coefficient (Wildman–Crippen LogP) is 3.13. The predicted molar refractivity (Wildman–Crippen MR) is 58.3 cm³/mol. The van der Waals surface area contributed by atoms with Gasteiger partial charge in [0.25, 0.3) is 0 Å². The zero-order valence-electron chi connectivity index (χ0n) is 8.88. The lowest BCUT2D eigenvalue weighted by atomic mass is 10.1. The summed E-state index contributed by atoms with van der Waals surface area (Å²) in [5.74, 6) is -1.28. The molecule has 0 aromatic heterocycles. The van der Waals surface area contributed by atoms with E-state index in [9.17, 15) is 8.78 Å². The van der Waals surface area contributed by atoms with Crippen LogP contribution in [0.1, 0.15) is 19.4 Å². The van der Waals surface area contributed by atoms with Crippen molar-refractivity contribution in [3.63, 3.8) is 0 Å². The van der Waals surface area contributed by atoms with Gasteiger partial charge in [-0.1, -0.05) is 0 Å². The third-order valence-electron chi connectivity index (χ3n) is 2.00. The van der Waals surface area contributed by atoms with E-state index in [1.165, 1.54) is 12.3 Å². The van der Waals surface area contributed by atoms with Crippen LogP contribution in [0.25, 0.3) is 0 Å². The molecule has 0 fully saturated rings. The number of benzene rings is 1. The van der Waals surface area contributed by atoms with Gasteiger partial charge in [-0.3, -0.25) is 9.98 Å². The van der Waals surface area contributed by atoms with Gasteiger partial charge in [-0.05, 0) is 13.8 Å². The fourth-order valence-corrected chi connectivity index (χ4v) is 1.27. The van der Waals surface area contributed by atoms with Gasteiger partial charge < -0.3 is 0 Å². The van der Waals surface area contributed by atoms with Crippen LogP contribution in [0.15, 0.2) is 22.1 Å². The van der Waals surface area contributed by atoms with Crippen LogP contribution in [-0.2, 0) is 0 Å². The Morgan fingerprint density at radius 3 is 2.53 bits per heavy atom. The Bertz CT molecular complexity index is 423. The highest BCUT2D eigenvalue weighted by Crippen LogP contribution is 2.24. The van der Waals surface area contributed by atoms with E-state index >= 15 is 0 Å². The minimum absolute atomic E-state index is 0.247. The molecule has 0 spiro atoms. The van der Waals surface area contributed by atoms with Gasteiger partial charge in [0, 0.05) is 31.1 Å². The Morgan fingerprint density at radius 1 is 1.33 bits per heavy atom. The summed E-state index contributed by atoms with van der Waals surface area (Å²) in [5.41, 5.74) is 1.00. The largest absolute Gasteiger partial charge is 0.293 e. The molecular weight excluding hydrogens is 198 g/mol. The molecule has 2 nitrogen and oxygen atoms in total. The number of nitrogens with zero attached hydrogens (tertiary/aromatic N) is 2. The third-order valence-corrected chi connectivity index (χ3v) is 2.00. The third kappa shape index (κ3) is 2.46. The Morgan fingerprint density at radius 2 is 2.00 bits per heavy atom. The summed E-state index contributed by atoms with van der Waals surface area (Å²) in [4.78, 5) is 7.78. The van der Waals surface area contributed by atoms with Gasteiger partial charge in [0.15, 0.2) is 0 Å². The van der Waals surface area contributed by atoms with Crippen LogP contribution >= 0.6 is 0 Å². The van der Waals surface area contributed by atoms with Crippen LogP contribution in [-0.4, -0.2) is 19.0 Å². The van der Waals surface area contributed by atoms with Gasteiger partial charge in [0.2, 0.25) is 0 Å². The minimum Gasteiger partial charge on any atom is -0.293 e. The zero-order valence-corrected chi connectivity index (χ0v) is 8.88. The maximum Gasteiger partial charge on any atom is 0.137 e. The second kappa shape index (κ2) is 4.77. The van der Waals surface area contributed by atoms with Gasteiger partial charge in [-0.2, -0.15) is 0 Å². The lowest BCUT2D eigenvalue weighted by Gasteiger charge is -2.06. The maximum absolute atomic E-state index is 13.5. The highest BCUT2D eigenvalue weighted by Gasteiger charge is 2.12. The molecule has 0 radical (unpaired) electrons. The standard InChI is InChI=1S/C11H12F2N2/c1-4-15-10-6-8(12)5-9(13)11(10)7(2)14-3/h4-6H,1-3H3. The molecule has 0 unspecified atom stereocenters. The quantitative estimate of drug-likeness (QED) is 0.670. The average Bonchev–Trinajstić information content (AvgIpc) is 2.16. The highest BCUT2D eigenvalue weighted by atomic mass is 19.1. The van der Waals surface area contributed by atoms with E-state index < -0.39 is 11.6 Å². The minimum atomic E-state index is -0.640. The van der Waals surface area contributed by atoms with Gasteiger partial charge in [-0.15, -0.1) is 0 Å². The van der Waals surface area contributed by atoms with Crippen LogP contribution in [0.2, 0.25) is 0 Å². The first-order chi connectivity index (χ1) is 7.10. The van der Waals surface area contributed by atoms with E-state index in [-0.39, 0.29) is 11.3 Å². The molecule has 4 heteroatoms. The van der Waals surface area contributed by atoms with E-state index in [1.807, 2.05) is 0 Å². The van der Waals surface area contributed by atoms with E-state index in [0.29, 0.717) is 5.71 Å². The molecule has 0 bridgehead atoms. The van der Waals surface area contributed by atoms with Crippen molar-refractivity contribution in [2.75, 3.05) is 7.05 Å². The zero-order chi connectivity index (χ0) is 11.4. The first kappa shape index (κ1) is 11.5. The molecule has 0 saturated carbocycles. The Kier molecular flexibility index (Phi) is 3.66. The van der Waals surface area contributed by atoms with Gasteiger partial charge in [-0.25, -0.2) is 8.78 Å². The molecule has 1 aromatic carbocycles. The summed E-state index contributed by atoms with van der Waals surface area (Å²) >= 11 is 0. The van der Waals surface area contributed by atoms with Crippen molar-refractivity contribution in [1.29, 1.82) is 0 Å². The summed E-state index contributed by atoms with van der Waals surface area (Å²) in [6, 6.07) is 2.02. The first-order valence-corrected chi connectivity index (χ1v) is 4.51. The molecule has 15 heavy (non-hydrogen) atoms. The topological polar surface area (TPSA) is 24.7 Å². The fourth-order valence-electron chi connectivity index (χ4n) is 1.27. The van der Waals surface area contributed by atoms with Gasteiger partial charge in [0.05, 0.1) is 11.3 Å². The molecule has 0 amide bonds. The molecule has 0 atom stereocenters. The van der Waals surface area contributed by atoms with E-state index in [4.69, 9.17) is 0 Å². The first-order valence-electron chi connectivity index (χ1n) is 4.51. The normalized spacial score (nSPS) is 12.5. The molecule has 0 heterocycles. The Balaban J connectivity index is 3.46. The highest BCUT2D eigenvalue weighted by molar-refractivity contribution is 6.03. The van der Waals surface area contributed by atoms with Crippen molar-refractivity contribution in [3.05, 3.63) is 29.3 Å². The lowest BCUT2D eigenvalue weighted by Crippen LogP contribution is -2.00. The van der Waals surface area contributed by atoms with Gasteiger partial charge >= 0.3 is 0 Å². The van der Waals surface area contributed by atoms with Crippen LogP contribution < -0.4 is 0 Å². The maximum atomic E-state index is 13.5. The molecule has 0 N–H and O–H groups in total. The molecule has 1 rings (SSSR count). The molecule has 0 aliphatic rings. The van der Waals surface area contributed by atoms with E-state index in [2.05, 4.69) is 9.98 Å². The lowest BCUT2D eigenvalue weighted by molar-refractivity contribution is 0.582. The number of hydrogen-bond acceptors (Lipinski definition) is 2. The van der Waals surface area contributed by atoms with Crippen molar-refractivity contribution < 1.29 is 8.78 Å². The summed E-state index contributed by atoms with van der Waals surface area (Å²) in [6.45, 7) is 3.34. The molecular formula is C11H12F2N2. The number of halogens is 2. The summed E-state index contributed by atoms with van der Waals surface area (Å²) in [6.07, 6.45) is 1.49. The smallest absolute Gasteiger partial charge is 0.137 e. The fraction of sp³-hybridized carbons (Fsp3) is 0.273. The second-order valence-electron chi connectivity index (χ2n) is 2.98. The average molecular weight is 210 g/mol. The van der Waals surface area contributed by atoms with E-state index in [0.717, 1.165) is 6.07 Å². The number of rotatable bonds is 2. The Labute approximate surface area is 87.4 Å². The van der Waals surface area contributed by atoms with Crippen molar-refractivity contribution in [2.24, 2.45) is 9.98 Å². The van der Waals surface area contributed by atoms with Gasteiger partial charge in [0.1, 0.15) is 11.6 Å². The van der Waals surface area contributed by atoms with Crippen LogP contribution in [0.5, 0.6) is 0 Å². The van der Waals surface area contributed by atoms with Crippen molar-refractivity contribution in [3.8, 4) is 0 Å². The number of aliphatic imine (C=N–C) groups is 2.